The molecular weight excluding hydrogens is 470 g/mol. The van der Waals surface area contributed by atoms with E-state index in [1.165, 1.54) is 61.6 Å². The summed E-state index contributed by atoms with van der Waals surface area (Å²) in [6.45, 7) is 6.84. The molecule has 0 fully saturated rings. The van der Waals surface area contributed by atoms with Gasteiger partial charge in [-0.2, -0.15) is 0 Å². The summed E-state index contributed by atoms with van der Waals surface area (Å²) < 4.78 is 19.2. The Hall–Kier alpha value is -1.50. The van der Waals surface area contributed by atoms with E-state index in [4.69, 9.17) is 4.98 Å². The summed E-state index contributed by atoms with van der Waals surface area (Å²) in [5, 5.41) is 8.33. The molecule has 0 amide bonds. The summed E-state index contributed by atoms with van der Waals surface area (Å²) in [6, 6.07) is 7.21. The molecule has 0 aromatic carbocycles. The summed E-state index contributed by atoms with van der Waals surface area (Å²) in [7, 11) is 0. The number of hydrogen-bond acceptors (Lipinski definition) is 3. The molecule has 0 saturated heterocycles. The standard InChI is InChI=1S/C11H6FN4.3C4H9.Sn/c12-10-3-1-2-9(15-10)11-7-6-14-16-8(7)4-5-13-11;3*1-3-4-2;/h1-4,6H,(H,14,16);3*1,3-4H2,2H3;. The number of pyridine rings is 2. The Morgan fingerprint density at radius 2 is 1.59 bits per heavy atom. The van der Waals surface area contributed by atoms with Crippen LogP contribution < -0.4 is 3.71 Å². The first-order valence-corrected chi connectivity index (χ1v) is 18.6. The van der Waals surface area contributed by atoms with Gasteiger partial charge in [0.15, 0.2) is 0 Å². The Labute approximate surface area is 177 Å². The van der Waals surface area contributed by atoms with Crippen molar-refractivity contribution in [3.8, 4) is 11.4 Å². The monoisotopic (exact) mass is 504 g/mol. The predicted octanol–water partition coefficient (Wildman–Crippen LogP) is 6.22. The van der Waals surface area contributed by atoms with E-state index in [9.17, 15) is 4.39 Å². The Morgan fingerprint density at radius 1 is 0.931 bits per heavy atom. The van der Waals surface area contributed by atoms with Crippen LogP contribution in [0.4, 0.5) is 4.39 Å². The van der Waals surface area contributed by atoms with E-state index in [1.807, 2.05) is 6.07 Å². The summed E-state index contributed by atoms with van der Waals surface area (Å²) in [6.07, 6.45) is 9.29. The molecule has 3 aromatic heterocycles. The van der Waals surface area contributed by atoms with Gasteiger partial charge in [0.25, 0.3) is 0 Å². The zero-order valence-electron chi connectivity index (χ0n) is 18.0. The zero-order valence-corrected chi connectivity index (χ0v) is 20.8. The first-order valence-electron chi connectivity index (χ1n) is 11.1. The molecule has 0 bridgehead atoms. The van der Waals surface area contributed by atoms with Crippen molar-refractivity contribution >= 4 is 33.0 Å². The van der Waals surface area contributed by atoms with Gasteiger partial charge in [0.1, 0.15) is 0 Å². The van der Waals surface area contributed by atoms with Crippen molar-refractivity contribution in [1.82, 2.24) is 20.2 Å². The third kappa shape index (κ3) is 5.16. The van der Waals surface area contributed by atoms with Crippen LogP contribution in [0.15, 0.2) is 30.5 Å². The number of unbranched alkanes of at least 4 members (excludes halogenated alkanes) is 3. The molecule has 3 heterocycles. The zero-order chi connectivity index (χ0) is 20.7. The van der Waals surface area contributed by atoms with Crippen molar-refractivity contribution < 1.29 is 4.39 Å². The second-order valence-electron chi connectivity index (χ2n) is 8.12. The van der Waals surface area contributed by atoms with Crippen molar-refractivity contribution in [2.75, 3.05) is 0 Å². The van der Waals surface area contributed by atoms with Crippen LogP contribution in [0, 0.1) is 5.95 Å². The maximum atomic E-state index is 13.9. The molecule has 3 rings (SSSR count). The quantitative estimate of drug-likeness (QED) is 0.250. The fraction of sp³-hybridized carbons (Fsp3) is 0.522. The fourth-order valence-corrected chi connectivity index (χ4v) is 19.7. The number of H-pyrrole nitrogens is 1. The molecule has 0 aliphatic rings. The van der Waals surface area contributed by atoms with E-state index in [-0.39, 0.29) is 0 Å². The number of halogens is 1. The van der Waals surface area contributed by atoms with Crippen molar-refractivity contribution in [3.63, 3.8) is 0 Å². The van der Waals surface area contributed by atoms with E-state index < -0.39 is 24.3 Å². The van der Waals surface area contributed by atoms with Crippen molar-refractivity contribution in [2.24, 2.45) is 0 Å². The van der Waals surface area contributed by atoms with Gasteiger partial charge < -0.3 is 0 Å². The number of fused-ring (bicyclic) bond motifs is 1. The van der Waals surface area contributed by atoms with Crippen molar-refractivity contribution in [2.45, 2.75) is 72.6 Å². The van der Waals surface area contributed by atoms with Gasteiger partial charge in [-0.25, -0.2) is 0 Å². The minimum absolute atomic E-state index is 0.468. The summed E-state index contributed by atoms with van der Waals surface area (Å²) in [5.41, 5.74) is 2.37. The molecule has 1 N–H and O–H groups in total. The van der Waals surface area contributed by atoms with E-state index in [2.05, 4.69) is 42.0 Å². The van der Waals surface area contributed by atoms with E-state index in [1.54, 1.807) is 12.3 Å². The molecule has 0 aliphatic heterocycles. The van der Waals surface area contributed by atoms with E-state index >= 15 is 0 Å². The Kier molecular flexibility index (Phi) is 8.04. The molecule has 0 aliphatic carbocycles. The minimum atomic E-state index is -2.72. The maximum absolute atomic E-state index is 13.9. The third-order valence-corrected chi connectivity index (χ3v) is 21.0. The van der Waals surface area contributed by atoms with Crippen molar-refractivity contribution in [1.29, 1.82) is 0 Å². The summed E-state index contributed by atoms with van der Waals surface area (Å²) in [4.78, 5) is 9.36. The van der Waals surface area contributed by atoms with Crippen LogP contribution in [0.3, 0.4) is 0 Å². The number of aromatic nitrogens is 4. The molecule has 4 nitrogen and oxygen atoms in total. The molecule has 0 radical (unpaired) electrons. The van der Waals surface area contributed by atoms with Gasteiger partial charge >= 0.3 is 178 Å². The average molecular weight is 503 g/mol. The first-order chi connectivity index (χ1) is 14.1. The number of rotatable bonds is 11. The van der Waals surface area contributed by atoms with Crippen LogP contribution in [0.2, 0.25) is 13.3 Å². The van der Waals surface area contributed by atoms with Crippen LogP contribution in [-0.4, -0.2) is 38.5 Å². The van der Waals surface area contributed by atoms with Gasteiger partial charge in [0, 0.05) is 0 Å². The van der Waals surface area contributed by atoms with Crippen LogP contribution in [-0.2, 0) is 0 Å². The van der Waals surface area contributed by atoms with Crippen molar-refractivity contribution in [3.05, 3.63) is 36.4 Å². The third-order valence-electron chi connectivity index (χ3n) is 5.96. The molecule has 3 aromatic rings. The fourth-order valence-electron chi connectivity index (χ4n) is 4.26. The number of aromatic amines is 1. The molecule has 0 atom stereocenters. The molecule has 0 saturated carbocycles. The summed E-state index contributed by atoms with van der Waals surface area (Å²) >= 11 is -2.72. The van der Waals surface area contributed by atoms with Crippen LogP contribution >= 0.6 is 0 Å². The predicted molar refractivity (Wildman–Crippen MR) is 122 cm³/mol. The topological polar surface area (TPSA) is 54.5 Å². The normalized spacial score (nSPS) is 12.0. The average Bonchev–Trinajstić information content (AvgIpc) is 3.21. The molecule has 156 valence electrons. The summed E-state index contributed by atoms with van der Waals surface area (Å²) in [5.74, 6) is -0.468. The van der Waals surface area contributed by atoms with Gasteiger partial charge in [-0.1, -0.05) is 0 Å². The van der Waals surface area contributed by atoms with Crippen LogP contribution in [0.1, 0.15) is 59.3 Å². The van der Waals surface area contributed by atoms with E-state index in [0.29, 0.717) is 5.69 Å². The second-order valence-corrected chi connectivity index (χ2v) is 21.2. The molecule has 6 heteroatoms. The molecule has 29 heavy (non-hydrogen) atoms. The van der Waals surface area contributed by atoms with Gasteiger partial charge in [0.05, 0.1) is 0 Å². The van der Waals surface area contributed by atoms with Gasteiger partial charge in [-0.15, -0.1) is 0 Å². The van der Waals surface area contributed by atoms with Gasteiger partial charge in [0.2, 0.25) is 0 Å². The number of nitrogens with one attached hydrogen (secondary N) is 1. The molecule has 0 spiro atoms. The molecular formula is C23H33FN4Sn. The van der Waals surface area contributed by atoms with Gasteiger partial charge in [-0.05, 0) is 0 Å². The van der Waals surface area contributed by atoms with Gasteiger partial charge in [-0.3, -0.25) is 0 Å². The Morgan fingerprint density at radius 3 is 2.17 bits per heavy atom. The Bertz CT molecular complexity index is 902. The van der Waals surface area contributed by atoms with Crippen LogP contribution in [0.25, 0.3) is 22.3 Å². The van der Waals surface area contributed by atoms with Crippen LogP contribution in [0.5, 0.6) is 0 Å². The number of nitrogens with zero attached hydrogens (tertiary/aromatic N) is 3. The SMILES string of the molecule is CCC[CH2][Sn]([CH2]CCC)([CH2]CCC)[c]1cc2[nH]ncc2c(-c2cccc(F)n2)n1. The Balaban J connectivity index is 2.17. The molecule has 0 unspecified atom stereocenters. The number of hydrogen-bond donors (Lipinski definition) is 1. The second kappa shape index (κ2) is 10.5. The van der Waals surface area contributed by atoms with E-state index in [0.717, 1.165) is 16.6 Å². The first kappa shape index (κ1) is 22.2.